The summed E-state index contributed by atoms with van der Waals surface area (Å²) in [6.07, 6.45) is 0.350. The molecule has 0 aliphatic heterocycles. The number of carboxylic acid groups (broad SMARTS) is 1. The minimum absolute atomic E-state index is 0.224. The zero-order valence-corrected chi connectivity index (χ0v) is 15.7. The molecule has 27 heavy (non-hydrogen) atoms. The number of hydrogen-bond acceptors (Lipinski definition) is 7. The van der Waals surface area contributed by atoms with E-state index < -0.39 is 6.09 Å². The molecule has 0 radical (unpaired) electrons. The van der Waals surface area contributed by atoms with Gasteiger partial charge in [0, 0.05) is 5.75 Å². The molecule has 0 bridgehead atoms. The first-order valence-electron chi connectivity index (χ1n) is 7.82. The van der Waals surface area contributed by atoms with Crippen LogP contribution >= 0.6 is 11.8 Å². The second-order valence-corrected chi connectivity index (χ2v) is 6.35. The van der Waals surface area contributed by atoms with Gasteiger partial charge in [-0.25, -0.2) is 14.3 Å². The van der Waals surface area contributed by atoms with Crippen molar-refractivity contribution in [1.29, 1.82) is 0 Å². The normalized spacial score (nSPS) is 10.6. The van der Waals surface area contributed by atoms with Crippen LogP contribution < -0.4 is 19.5 Å². The van der Waals surface area contributed by atoms with Crippen molar-refractivity contribution in [2.24, 2.45) is 0 Å². The van der Waals surface area contributed by atoms with Gasteiger partial charge in [0.25, 0.3) is 0 Å². The molecule has 0 saturated heterocycles. The Hall–Kier alpha value is -3.14. The van der Waals surface area contributed by atoms with Gasteiger partial charge in [-0.15, -0.1) is 0 Å². The zero-order chi connectivity index (χ0) is 19.4. The van der Waals surface area contributed by atoms with Crippen LogP contribution in [0.2, 0.25) is 0 Å². The summed E-state index contributed by atoms with van der Waals surface area (Å²) in [5.41, 5.74) is 1.53. The van der Waals surface area contributed by atoms with Crippen LogP contribution in [0.1, 0.15) is 5.56 Å². The first-order chi connectivity index (χ1) is 13.0. The fourth-order valence-corrected chi connectivity index (χ4v) is 3.28. The number of amides is 1. The molecule has 2 heterocycles. The summed E-state index contributed by atoms with van der Waals surface area (Å²) in [6.45, 7) is 0. The van der Waals surface area contributed by atoms with E-state index in [1.165, 1.54) is 22.5 Å². The quantitative estimate of drug-likeness (QED) is 0.593. The number of methoxy groups -OCH3 is 3. The highest BCUT2D eigenvalue weighted by Gasteiger charge is 2.14. The number of carbonyl (C=O) groups is 1. The Balaban J connectivity index is 1.79. The van der Waals surface area contributed by atoms with Gasteiger partial charge in [-0.3, -0.25) is 5.32 Å². The maximum atomic E-state index is 10.7. The van der Waals surface area contributed by atoms with E-state index in [4.69, 9.17) is 19.3 Å². The van der Waals surface area contributed by atoms with Crippen molar-refractivity contribution >= 4 is 29.3 Å². The van der Waals surface area contributed by atoms with E-state index in [0.29, 0.717) is 28.6 Å². The van der Waals surface area contributed by atoms with Crippen LogP contribution in [0.25, 0.3) is 5.65 Å². The smallest absolute Gasteiger partial charge is 0.410 e. The van der Waals surface area contributed by atoms with Crippen LogP contribution in [0.15, 0.2) is 35.5 Å². The predicted octanol–water partition coefficient (Wildman–Crippen LogP) is 3.14. The Kier molecular flexibility index (Phi) is 5.55. The Morgan fingerprint density at radius 3 is 2.48 bits per heavy atom. The number of imidazole rings is 1. The van der Waals surface area contributed by atoms with Gasteiger partial charge in [-0.2, -0.15) is 5.10 Å². The molecule has 0 fully saturated rings. The lowest BCUT2D eigenvalue weighted by atomic mass is 10.2. The SMILES string of the molecule is COc1cc(CSc2ccc3nc(NC(=O)O)cn3n2)cc(OC)c1OC. The molecule has 1 amide bonds. The number of aromatic nitrogens is 3. The molecular weight excluding hydrogens is 372 g/mol. The van der Waals surface area contributed by atoms with Gasteiger partial charge in [0.2, 0.25) is 5.75 Å². The van der Waals surface area contributed by atoms with E-state index in [2.05, 4.69) is 15.4 Å². The molecule has 0 saturated carbocycles. The fraction of sp³-hybridized carbons (Fsp3) is 0.235. The topological polar surface area (TPSA) is 107 Å². The largest absolute Gasteiger partial charge is 0.493 e. The molecule has 0 aliphatic carbocycles. The summed E-state index contributed by atoms with van der Waals surface area (Å²) in [7, 11) is 4.71. The second-order valence-electron chi connectivity index (χ2n) is 5.35. The van der Waals surface area contributed by atoms with Crippen molar-refractivity contribution in [3.8, 4) is 17.2 Å². The van der Waals surface area contributed by atoms with Crippen molar-refractivity contribution in [3.63, 3.8) is 0 Å². The van der Waals surface area contributed by atoms with Gasteiger partial charge in [-0.1, -0.05) is 11.8 Å². The number of nitrogens with one attached hydrogen (secondary N) is 1. The monoisotopic (exact) mass is 390 g/mol. The van der Waals surface area contributed by atoms with Gasteiger partial charge < -0.3 is 19.3 Å². The maximum absolute atomic E-state index is 10.7. The summed E-state index contributed by atoms with van der Waals surface area (Å²) >= 11 is 1.51. The lowest BCUT2D eigenvalue weighted by molar-refractivity contribution is 0.209. The lowest BCUT2D eigenvalue weighted by Crippen LogP contribution is -2.07. The standard InChI is InChI=1S/C17H18N4O5S/c1-24-11-6-10(7-12(25-2)16(11)26-3)9-27-15-5-4-14-18-13(19-17(22)23)8-21(14)20-15/h4-8,19H,9H2,1-3H3,(H,22,23). The molecule has 0 unspecified atom stereocenters. The molecule has 2 aromatic heterocycles. The van der Waals surface area contributed by atoms with Gasteiger partial charge in [0.05, 0.1) is 27.5 Å². The number of anilines is 1. The van der Waals surface area contributed by atoms with Crippen LogP contribution in [-0.2, 0) is 5.75 Å². The van der Waals surface area contributed by atoms with E-state index in [0.717, 1.165) is 10.6 Å². The molecule has 1 aromatic carbocycles. The second kappa shape index (κ2) is 8.04. The predicted molar refractivity (Wildman–Crippen MR) is 100 cm³/mol. The summed E-state index contributed by atoms with van der Waals surface area (Å²) in [6, 6.07) is 7.38. The summed E-state index contributed by atoms with van der Waals surface area (Å²) in [5, 5.41) is 16.2. The minimum atomic E-state index is -1.17. The molecule has 0 atom stereocenters. The highest BCUT2D eigenvalue weighted by Crippen LogP contribution is 2.39. The first kappa shape index (κ1) is 18.6. The van der Waals surface area contributed by atoms with Gasteiger partial charge in [0.15, 0.2) is 23.0 Å². The van der Waals surface area contributed by atoms with Crippen molar-refractivity contribution in [2.45, 2.75) is 10.8 Å². The number of rotatable bonds is 7. The Morgan fingerprint density at radius 2 is 1.89 bits per heavy atom. The van der Waals surface area contributed by atoms with E-state index in [1.54, 1.807) is 27.4 Å². The van der Waals surface area contributed by atoms with Crippen LogP contribution in [0.4, 0.5) is 10.6 Å². The number of ether oxygens (including phenoxy) is 3. The maximum Gasteiger partial charge on any atom is 0.410 e. The molecule has 10 heteroatoms. The van der Waals surface area contributed by atoms with Crippen LogP contribution in [0.5, 0.6) is 17.2 Å². The van der Waals surface area contributed by atoms with Crippen molar-refractivity contribution in [1.82, 2.24) is 14.6 Å². The van der Waals surface area contributed by atoms with Gasteiger partial charge >= 0.3 is 6.09 Å². The number of benzene rings is 1. The summed E-state index contributed by atoms with van der Waals surface area (Å²) in [5.74, 6) is 2.58. The number of thioether (sulfide) groups is 1. The average molecular weight is 390 g/mol. The minimum Gasteiger partial charge on any atom is -0.493 e. The van der Waals surface area contributed by atoms with Gasteiger partial charge in [-0.05, 0) is 29.8 Å². The molecule has 2 N–H and O–H groups in total. The van der Waals surface area contributed by atoms with Crippen molar-refractivity contribution in [2.75, 3.05) is 26.6 Å². The fourth-order valence-electron chi connectivity index (χ4n) is 2.49. The molecular formula is C17H18N4O5S. The van der Waals surface area contributed by atoms with Crippen molar-refractivity contribution < 1.29 is 24.1 Å². The number of nitrogens with zero attached hydrogens (tertiary/aromatic N) is 3. The molecule has 9 nitrogen and oxygen atoms in total. The van der Waals surface area contributed by atoms with E-state index in [9.17, 15) is 4.79 Å². The highest BCUT2D eigenvalue weighted by molar-refractivity contribution is 7.98. The Bertz CT molecular complexity index is 950. The van der Waals surface area contributed by atoms with E-state index in [-0.39, 0.29) is 5.82 Å². The molecule has 3 aromatic rings. The summed E-state index contributed by atoms with van der Waals surface area (Å²) < 4.78 is 17.6. The third-order valence-corrected chi connectivity index (χ3v) is 4.63. The van der Waals surface area contributed by atoms with Crippen LogP contribution in [-0.4, -0.2) is 47.1 Å². The number of fused-ring (bicyclic) bond motifs is 1. The summed E-state index contributed by atoms with van der Waals surface area (Å²) in [4.78, 5) is 14.8. The molecule has 3 rings (SSSR count). The molecule has 0 spiro atoms. The first-order valence-corrected chi connectivity index (χ1v) is 8.80. The lowest BCUT2D eigenvalue weighted by Gasteiger charge is -2.13. The Labute approximate surface area is 159 Å². The van der Waals surface area contributed by atoms with E-state index >= 15 is 0 Å². The average Bonchev–Trinajstić information content (AvgIpc) is 3.05. The third-order valence-electron chi connectivity index (χ3n) is 3.64. The molecule has 0 aliphatic rings. The van der Waals surface area contributed by atoms with E-state index in [1.807, 2.05) is 18.2 Å². The number of hydrogen-bond donors (Lipinski definition) is 2. The molecule has 142 valence electrons. The van der Waals surface area contributed by atoms with Crippen LogP contribution in [0, 0.1) is 0 Å². The Morgan fingerprint density at radius 1 is 1.19 bits per heavy atom. The third kappa shape index (κ3) is 4.17. The van der Waals surface area contributed by atoms with Gasteiger partial charge in [0.1, 0.15) is 5.03 Å². The van der Waals surface area contributed by atoms with Crippen molar-refractivity contribution in [3.05, 3.63) is 36.0 Å². The van der Waals surface area contributed by atoms with Crippen LogP contribution in [0.3, 0.4) is 0 Å². The zero-order valence-electron chi connectivity index (χ0n) is 14.9. The highest BCUT2D eigenvalue weighted by atomic mass is 32.2.